The van der Waals surface area contributed by atoms with E-state index in [9.17, 15) is 0 Å². The summed E-state index contributed by atoms with van der Waals surface area (Å²) in [6.07, 6.45) is 4.52. The van der Waals surface area contributed by atoms with Gasteiger partial charge in [-0.05, 0) is 48.7 Å². The first-order valence-corrected chi connectivity index (χ1v) is 6.09. The molecule has 2 aromatic rings. The minimum atomic E-state index is 0.765. The van der Waals surface area contributed by atoms with E-state index in [-0.39, 0.29) is 0 Å². The predicted octanol–water partition coefficient (Wildman–Crippen LogP) is 4.39. The lowest BCUT2D eigenvalue weighted by atomic mass is 10.1. The number of nitrogens with zero attached hydrogens (tertiary/aromatic N) is 1. The lowest BCUT2D eigenvalue weighted by Gasteiger charge is -2.10. The summed E-state index contributed by atoms with van der Waals surface area (Å²) in [6, 6.07) is 9.96. The third-order valence-electron chi connectivity index (χ3n) is 2.81. The molecule has 0 aliphatic heterocycles. The van der Waals surface area contributed by atoms with Gasteiger partial charge in [-0.15, -0.1) is 0 Å². The van der Waals surface area contributed by atoms with Crippen LogP contribution in [0.4, 0.5) is 0 Å². The highest BCUT2D eigenvalue weighted by Gasteiger charge is 2.04. The number of pyridine rings is 1. The van der Waals surface area contributed by atoms with Gasteiger partial charge in [0.25, 0.3) is 0 Å². The average Bonchev–Trinajstić information content (AvgIpc) is 2.41. The Balaban J connectivity index is 2.28. The number of aryl methyl sites for hydroxylation is 2. The van der Waals surface area contributed by atoms with E-state index in [1.807, 2.05) is 37.3 Å². The molecule has 0 saturated carbocycles. The van der Waals surface area contributed by atoms with E-state index in [4.69, 9.17) is 4.74 Å². The maximum Gasteiger partial charge on any atom is 0.145 e. The minimum Gasteiger partial charge on any atom is -0.455 e. The molecule has 0 N–H and O–H groups in total. The molecule has 0 amide bonds. The van der Waals surface area contributed by atoms with Crippen LogP contribution in [0.5, 0.6) is 11.5 Å². The van der Waals surface area contributed by atoms with Crippen LogP contribution in [0.2, 0.25) is 0 Å². The molecule has 0 bridgehead atoms. The molecule has 0 spiro atoms. The minimum absolute atomic E-state index is 0.765. The highest BCUT2D eigenvalue weighted by molar-refractivity contribution is 5.52. The zero-order chi connectivity index (χ0) is 13.0. The summed E-state index contributed by atoms with van der Waals surface area (Å²) in [7, 11) is 0. The van der Waals surface area contributed by atoms with E-state index in [2.05, 4.69) is 24.6 Å². The van der Waals surface area contributed by atoms with E-state index < -0.39 is 0 Å². The van der Waals surface area contributed by atoms with Gasteiger partial charge >= 0.3 is 0 Å². The molecule has 0 fully saturated rings. The zero-order valence-electron chi connectivity index (χ0n) is 10.8. The van der Waals surface area contributed by atoms with Gasteiger partial charge in [-0.3, -0.25) is 4.98 Å². The molecule has 0 saturated heterocycles. The van der Waals surface area contributed by atoms with Crippen LogP contribution in [0.1, 0.15) is 23.7 Å². The van der Waals surface area contributed by atoms with Gasteiger partial charge in [0.15, 0.2) is 0 Å². The van der Waals surface area contributed by atoms with Crippen LogP contribution in [0.25, 0.3) is 6.08 Å². The molecule has 92 valence electrons. The molecule has 18 heavy (non-hydrogen) atoms. The fourth-order valence-corrected chi connectivity index (χ4v) is 1.74. The molecule has 1 heterocycles. The number of hydrogen-bond donors (Lipinski definition) is 0. The molecule has 0 aliphatic rings. The summed E-state index contributed by atoms with van der Waals surface area (Å²) in [5, 5.41) is 0. The van der Waals surface area contributed by atoms with Crippen LogP contribution in [-0.4, -0.2) is 4.98 Å². The number of aromatic nitrogens is 1. The third-order valence-corrected chi connectivity index (χ3v) is 2.81. The SMILES string of the molecule is C=Cc1ccc(Oc2ccc(C)nc2)c(CC)c1. The van der Waals surface area contributed by atoms with E-state index in [1.165, 1.54) is 5.56 Å². The van der Waals surface area contributed by atoms with Crippen molar-refractivity contribution >= 4 is 6.08 Å². The van der Waals surface area contributed by atoms with Crippen molar-refractivity contribution in [2.24, 2.45) is 0 Å². The van der Waals surface area contributed by atoms with Crippen molar-refractivity contribution in [2.75, 3.05) is 0 Å². The van der Waals surface area contributed by atoms with Crippen molar-refractivity contribution in [1.29, 1.82) is 0 Å². The van der Waals surface area contributed by atoms with Crippen molar-refractivity contribution in [3.63, 3.8) is 0 Å². The maximum absolute atomic E-state index is 5.86. The molecule has 0 aliphatic carbocycles. The van der Waals surface area contributed by atoms with Crippen LogP contribution < -0.4 is 4.74 Å². The average molecular weight is 239 g/mol. The summed E-state index contributed by atoms with van der Waals surface area (Å²) in [6.45, 7) is 7.85. The number of hydrogen-bond acceptors (Lipinski definition) is 2. The Bertz CT molecular complexity index is 544. The van der Waals surface area contributed by atoms with Crippen molar-refractivity contribution in [3.8, 4) is 11.5 Å². The van der Waals surface area contributed by atoms with Crippen LogP contribution >= 0.6 is 0 Å². The fraction of sp³-hybridized carbons (Fsp3) is 0.188. The van der Waals surface area contributed by atoms with Crippen molar-refractivity contribution in [1.82, 2.24) is 4.98 Å². The van der Waals surface area contributed by atoms with Gasteiger partial charge in [0.05, 0.1) is 6.20 Å². The van der Waals surface area contributed by atoms with Gasteiger partial charge in [-0.25, -0.2) is 0 Å². The molecule has 1 aromatic carbocycles. The predicted molar refractivity (Wildman–Crippen MR) is 75.0 cm³/mol. The van der Waals surface area contributed by atoms with E-state index in [0.717, 1.165) is 29.2 Å². The van der Waals surface area contributed by atoms with Gasteiger partial charge in [0.2, 0.25) is 0 Å². The van der Waals surface area contributed by atoms with Crippen LogP contribution in [0.3, 0.4) is 0 Å². The molecule has 2 nitrogen and oxygen atoms in total. The summed E-state index contributed by atoms with van der Waals surface area (Å²) in [5.41, 5.74) is 3.27. The van der Waals surface area contributed by atoms with Crippen molar-refractivity contribution in [3.05, 3.63) is 59.9 Å². The number of rotatable bonds is 4. The maximum atomic E-state index is 5.86. The van der Waals surface area contributed by atoms with Gasteiger partial charge < -0.3 is 4.74 Å². The molecule has 0 unspecified atom stereocenters. The normalized spacial score (nSPS) is 10.1. The Morgan fingerprint density at radius 3 is 2.72 bits per heavy atom. The van der Waals surface area contributed by atoms with Gasteiger partial charge in [0, 0.05) is 5.69 Å². The first kappa shape index (κ1) is 12.4. The molecule has 0 atom stereocenters. The molecule has 1 aromatic heterocycles. The van der Waals surface area contributed by atoms with Crippen molar-refractivity contribution < 1.29 is 4.74 Å². The monoisotopic (exact) mass is 239 g/mol. The second-order valence-electron chi connectivity index (χ2n) is 4.16. The summed E-state index contributed by atoms with van der Waals surface area (Å²) in [5.74, 6) is 1.65. The highest BCUT2D eigenvalue weighted by atomic mass is 16.5. The van der Waals surface area contributed by atoms with E-state index >= 15 is 0 Å². The summed E-state index contributed by atoms with van der Waals surface area (Å²) < 4.78 is 5.86. The van der Waals surface area contributed by atoms with Crippen LogP contribution in [0.15, 0.2) is 43.1 Å². The molecule has 0 radical (unpaired) electrons. The Labute approximate surface area is 108 Å². The quantitative estimate of drug-likeness (QED) is 0.789. The van der Waals surface area contributed by atoms with Crippen LogP contribution in [0, 0.1) is 6.92 Å². The highest BCUT2D eigenvalue weighted by Crippen LogP contribution is 2.26. The van der Waals surface area contributed by atoms with Gasteiger partial charge in [-0.2, -0.15) is 0 Å². The zero-order valence-corrected chi connectivity index (χ0v) is 10.8. The first-order valence-electron chi connectivity index (χ1n) is 6.09. The summed E-state index contributed by atoms with van der Waals surface area (Å²) >= 11 is 0. The Morgan fingerprint density at radius 2 is 2.11 bits per heavy atom. The van der Waals surface area contributed by atoms with Gasteiger partial charge in [0.1, 0.15) is 11.5 Å². The molecule has 2 rings (SSSR count). The summed E-state index contributed by atoms with van der Waals surface area (Å²) in [4.78, 5) is 4.22. The lowest BCUT2D eigenvalue weighted by Crippen LogP contribution is -1.92. The van der Waals surface area contributed by atoms with E-state index in [0.29, 0.717) is 0 Å². The topological polar surface area (TPSA) is 22.1 Å². The Morgan fingerprint density at radius 1 is 1.28 bits per heavy atom. The Hall–Kier alpha value is -2.09. The number of ether oxygens (including phenoxy) is 1. The molecular formula is C16H17NO. The van der Waals surface area contributed by atoms with Gasteiger partial charge in [-0.1, -0.05) is 25.6 Å². The number of benzene rings is 1. The molecular weight excluding hydrogens is 222 g/mol. The smallest absolute Gasteiger partial charge is 0.145 e. The van der Waals surface area contributed by atoms with Crippen molar-refractivity contribution in [2.45, 2.75) is 20.3 Å². The molecule has 2 heteroatoms. The van der Waals surface area contributed by atoms with E-state index in [1.54, 1.807) is 6.20 Å². The first-order chi connectivity index (χ1) is 8.72. The lowest BCUT2D eigenvalue weighted by molar-refractivity contribution is 0.474. The fourth-order valence-electron chi connectivity index (χ4n) is 1.74. The second kappa shape index (κ2) is 5.50. The third kappa shape index (κ3) is 2.77. The second-order valence-corrected chi connectivity index (χ2v) is 4.16. The Kier molecular flexibility index (Phi) is 3.78. The largest absolute Gasteiger partial charge is 0.455 e. The van der Waals surface area contributed by atoms with Crippen LogP contribution in [-0.2, 0) is 6.42 Å². The standard InChI is InChI=1S/C16H17NO/c1-4-13-7-9-16(14(5-2)10-13)18-15-8-6-12(3)17-11-15/h4,6-11H,1,5H2,2-3H3.